The molecule has 3 nitrogen and oxygen atoms in total. The quantitative estimate of drug-likeness (QED) is 0.854. The largest absolute Gasteiger partial charge is 0.343 e. The molecule has 1 fully saturated rings. The first-order valence-electron chi connectivity index (χ1n) is 6.66. The Morgan fingerprint density at radius 1 is 1.50 bits per heavy atom. The van der Waals surface area contributed by atoms with E-state index in [1.165, 1.54) is 12.8 Å². The van der Waals surface area contributed by atoms with Crippen LogP contribution in [0.2, 0.25) is 0 Å². The molecule has 1 unspecified atom stereocenters. The van der Waals surface area contributed by atoms with Gasteiger partial charge in [0, 0.05) is 22.0 Å². The number of thiophene rings is 1. The van der Waals surface area contributed by atoms with E-state index in [4.69, 9.17) is 0 Å². The summed E-state index contributed by atoms with van der Waals surface area (Å²) in [5.74, 6) is 0.516. The highest BCUT2D eigenvalue weighted by Gasteiger charge is 2.34. The van der Waals surface area contributed by atoms with Crippen LogP contribution in [-0.2, 0) is 4.79 Å². The van der Waals surface area contributed by atoms with Gasteiger partial charge in [-0.3, -0.25) is 4.79 Å². The lowest BCUT2D eigenvalue weighted by molar-refractivity contribution is -0.117. The van der Waals surface area contributed by atoms with Gasteiger partial charge in [0.05, 0.1) is 6.04 Å². The second kappa shape index (κ2) is 5.89. The molecule has 2 aromatic rings. The van der Waals surface area contributed by atoms with Crippen LogP contribution in [0.1, 0.15) is 34.5 Å². The summed E-state index contributed by atoms with van der Waals surface area (Å²) in [7, 11) is 0. The molecule has 3 rings (SSSR count). The van der Waals surface area contributed by atoms with Crippen LogP contribution in [0.3, 0.4) is 0 Å². The van der Waals surface area contributed by atoms with E-state index in [-0.39, 0.29) is 11.9 Å². The van der Waals surface area contributed by atoms with Crippen molar-refractivity contribution in [2.24, 2.45) is 5.92 Å². The van der Waals surface area contributed by atoms with Gasteiger partial charge in [0.2, 0.25) is 5.91 Å². The topological polar surface area (TPSA) is 42.0 Å². The molecular weight excluding hydrogens is 288 g/mol. The van der Waals surface area contributed by atoms with Crippen molar-refractivity contribution in [3.63, 3.8) is 0 Å². The summed E-state index contributed by atoms with van der Waals surface area (Å²) in [5.41, 5.74) is 1.03. The van der Waals surface area contributed by atoms with Crippen molar-refractivity contribution in [3.8, 4) is 0 Å². The second-order valence-electron chi connectivity index (χ2n) is 5.00. The van der Waals surface area contributed by atoms with E-state index in [1.54, 1.807) is 28.7 Å². The molecule has 104 valence electrons. The standard InChI is InChI=1S/C15H16N2OS2/c1-10-9-20-15(16-10)14(11-4-5-11)17-13(18)7-6-12-3-2-8-19-12/h2-3,6-9,11,14H,4-5H2,1H3,(H,17,18). The number of nitrogens with zero attached hydrogens (tertiary/aromatic N) is 1. The number of nitrogens with one attached hydrogen (secondary N) is 1. The smallest absolute Gasteiger partial charge is 0.244 e. The Bertz CT molecular complexity index is 612. The number of rotatable bonds is 5. The fraction of sp³-hybridized carbons (Fsp3) is 0.333. The normalized spacial score (nSPS) is 16.4. The van der Waals surface area contributed by atoms with Crippen LogP contribution in [0.5, 0.6) is 0 Å². The molecule has 1 N–H and O–H groups in total. The number of hydrogen-bond acceptors (Lipinski definition) is 4. The lowest BCUT2D eigenvalue weighted by Crippen LogP contribution is -2.28. The highest BCUT2D eigenvalue weighted by atomic mass is 32.1. The van der Waals surface area contributed by atoms with E-state index in [2.05, 4.69) is 10.3 Å². The van der Waals surface area contributed by atoms with Crippen LogP contribution in [-0.4, -0.2) is 10.9 Å². The summed E-state index contributed by atoms with van der Waals surface area (Å²) in [6.07, 6.45) is 5.83. The van der Waals surface area contributed by atoms with Gasteiger partial charge in [-0.25, -0.2) is 4.98 Å². The Morgan fingerprint density at radius 3 is 2.95 bits per heavy atom. The SMILES string of the molecule is Cc1csc(C(NC(=O)C=Cc2cccs2)C2CC2)n1. The highest BCUT2D eigenvalue weighted by molar-refractivity contribution is 7.10. The second-order valence-corrected chi connectivity index (χ2v) is 6.87. The molecule has 0 radical (unpaired) electrons. The van der Waals surface area contributed by atoms with Gasteiger partial charge in [0.25, 0.3) is 0 Å². The number of hydrogen-bond donors (Lipinski definition) is 1. The summed E-state index contributed by atoms with van der Waals surface area (Å²) in [4.78, 5) is 17.7. The Balaban J connectivity index is 1.66. The van der Waals surface area contributed by atoms with E-state index in [0.29, 0.717) is 5.92 Å². The summed E-state index contributed by atoms with van der Waals surface area (Å²) in [6.45, 7) is 1.99. The molecule has 0 bridgehead atoms. The van der Waals surface area contributed by atoms with E-state index in [1.807, 2.05) is 35.9 Å². The molecule has 2 aromatic heterocycles. The minimum Gasteiger partial charge on any atom is -0.343 e. The van der Waals surface area contributed by atoms with Crippen molar-refractivity contribution in [1.82, 2.24) is 10.3 Å². The maximum absolute atomic E-state index is 12.0. The lowest BCUT2D eigenvalue weighted by atomic mass is 10.2. The first-order valence-corrected chi connectivity index (χ1v) is 8.42. The van der Waals surface area contributed by atoms with E-state index in [9.17, 15) is 4.79 Å². The Hall–Kier alpha value is -1.46. The van der Waals surface area contributed by atoms with Crippen molar-refractivity contribution in [3.05, 3.63) is 44.5 Å². The maximum Gasteiger partial charge on any atom is 0.244 e. The fourth-order valence-corrected chi connectivity index (χ4v) is 3.63. The molecule has 0 aliphatic heterocycles. The van der Waals surface area contributed by atoms with Crippen molar-refractivity contribution in [2.75, 3.05) is 0 Å². The highest BCUT2D eigenvalue weighted by Crippen LogP contribution is 2.41. The van der Waals surface area contributed by atoms with Crippen LogP contribution in [0.15, 0.2) is 29.0 Å². The van der Waals surface area contributed by atoms with Crippen molar-refractivity contribution in [1.29, 1.82) is 0 Å². The van der Waals surface area contributed by atoms with Crippen molar-refractivity contribution >= 4 is 34.7 Å². The third kappa shape index (κ3) is 3.35. The summed E-state index contributed by atoms with van der Waals surface area (Å²) in [6, 6.07) is 4.05. The van der Waals surface area contributed by atoms with Gasteiger partial charge in [-0.15, -0.1) is 22.7 Å². The van der Waals surface area contributed by atoms with Gasteiger partial charge >= 0.3 is 0 Å². The third-order valence-electron chi connectivity index (χ3n) is 3.24. The summed E-state index contributed by atoms with van der Waals surface area (Å²) >= 11 is 3.26. The van der Waals surface area contributed by atoms with Gasteiger partial charge in [0.15, 0.2) is 0 Å². The van der Waals surface area contributed by atoms with Crippen LogP contribution >= 0.6 is 22.7 Å². The van der Waals surface area contributed by atoms with E-state index < -0.39 is 0 Å². The predicted molar refractivity (Wildman–Crippen MR) is 83.8 cm³/mol. The zero-order valence-electron chi connectivity index (χ0n) is 11.2. The van der Waals surface area contributed by atoms with Crippen LogP contribution in [0, 0.1) is 12.8 Å². The minimum atomic E-state index is -0.0387. The third-order valence-corrected chi connectivity index (χ3v) is 5.12. The first-order chi connectivity index (χ1) is 9.72. The predicted octanol–water partition coefficient (Wildman–Crippen LogP) is 3.79. The number of aromatic nitrogens is 1. The Kier molecular flexibility index (Phi) is 3.98. The molecule has 1 aliphatic carbocycles. The molecular formula is C15H16N2OS2. The number of carbonyl (C=O) groups is 1. The molecule has 0 spiro atoms. The van der Waals surface area contributed by atoms with Crippen LogP contribution in [0.4, 0.5) is 0 Å². The molecule has 2 heterocycles. The van der Waals surface area contributed by atoms with Crippen molar-refractivity contribution in [2.45, 2.75) is 25.8 Å². The average molecular weight is 304 g/mol. The average Bonchev–Trinajstić information content (AvgIpc) is 2.96. The monoisotopic (exact) mass is 304 g/mol. The fourth-order valence-electron chi connectivity index (χ4n) is 2.07. The Labute approximate surface area is 126 Å². The first kappa shape index (κ1) is 13.5. The van der Waals surface area contributed by atoms with Crippen LogP contribution in [0.25, 0.3) is 6.08 Å². The number of thiazole rings is 1. The number of carbonyl (C=O) groups excluding carboxylic acids is 1. The summed E-state index contributed by atoms with van der Waals surface area (Å²) < 4.78 is 0. The lowest BCUT2D eigenvalue weighted by Gasteiger charge is -2.14. The number of aryl methyl sites for hydroxylation is 1. The van der Waals surface area contributed by atoms with Gasteiger partial charge in [-0.05, 0) is 43.2 Å². The number of amides is 1. The summed E-state index contributed by atoms with van der Waals surface area (Å²) in [5, 5.41) is 8.17. The van der Waals surface area contributed by atoms with Crippen LogP contribution < -0.4 is 5.32 Å². The van der Waals surface area contributed by atoms with Gasteiger partial charge in [-0.2, -0.15) is 0 Å². The molecule has 5 heteroatoms. The molecule has 20 heavy (non-hydrogen) atoms. The molecule has 0 aromatic carbocycles. The van der Waals surface area contributed by atoms with E-state index in [0.717, 1.165) is 15.6 Å². The zero-order valence-corrected chi connectivity index (χ0v) is 12.8. The molecule has 1 amide bonds. The zero-order chi connectivity index (χ0) is 13.9. The van der Waals surface area contributed by atoms with Gasteiger partial charge < -0.3 is 5.32 Å². The van der Waals surface area contributed by atoms with E-state index >= 15 is 0 Å². The molecule has 1 saturated carbocycles. The van der Waals surface area contributed by atoms with Crippen molar-refractivity contribution < 1.29 is 4.79 Å². The molecule has 1 atom stereocenters. The molecule has 1 aliphatic rings. The maximum atomic E-state index is 12.0. The Morgan fingerprint density at radius 2 is 2.35 bits per heavy atom. The molecule has 0 saturated heterocycles. The minimum absolute atomic E-state index is 0.0387. The van der Waals surface area contributed by atoms with Gasteiger partial charge in [-0.1, -0.05) is 6.07 Å². The van der Waals surface area contributed by atoms with Gasteiger partial charge in [0.1, 0.15) is 5.01 Å².